The number of carbonyl (C=O) groups excluding carboxylic acids is 3. The molecule has 2 heterocycles. The predicted molar refractivity (Wildman–Crippen MR) is 172 cm³/mol. The molecule has 2 aliphatic heterocycles. The van der Waals surface area contributed by atoms with Crippen LogP contribution in [-0.4, -0.2) is 116 Å². The minimum Gasteiger partial charge on any atom is -0.459 e. The molecule has 264 valence electrons. The molecule has 2 aromatic rings. The molecule has 0 radical (unpaired) electrons. The number of esters is 3. The highest BCUT2D eigenvalue weighted by molar-refractivity contribution is 6.74. The first-order chi connectivity index (χ1) is 22.6. The smallest absolute Gasteiger partial charge is 0.338 e. The van der Waals surface area contributed by atoms with Crippen LogP contribution >= 0.6 is 0 Å². The number of ether oxygens (including phenoxy) is 6. The van der Waals surface area contributed by atoms with E-state index >= 15 is 0 Å². The van der Waals surface area contributed by atoms with Gasteiger partial charge in [0.25, 0.3) is 0 Å². The van der Waals surface area contributed by atoms with E-state index in [1.54, 1.807) is 60.7 Å². The van der Waals surface area contributed by atoms with E-state index in [0.717, 1.165) is 6.92 Å². The minimum atomic E-state index is -2.31. The Morgan fingerprint density at radius 2 is 1.21 bits per heavy atom. The third-order valence-corrected chi connectivity index (χ3v) is 13.4. The van der Waals surface area contributed by atoms with Crippen molar-refractivity contribution in [2.24, 2.45) is 0 Å². The maximum atomic E-state index is 12.7. The lowest BCUT2D eigenvalue weighted by molar-refractivity contribution is -0.319. The number of benzene rings is 2. The minimum absolute atomic E-state index is 0.0960. The van der Waals surface area contributed by atoms with Gasteiger partial charge in [-0.25, -0.2) is 9.59 Å². The summed E-state index contributed by atoms with van der Waals surface area (Å²) in [5.74, 6) is -2.07. The van der Waals surface area contributed by atoms with Gasteiger partial charge in [0.2, 0.25) is 0 Å². The first-order valence-corrected chi connectivity index (χ1v) is 18.8. The summed E-state index contributed by atoms with van der Waals surface area (Å²) in [6.45, 7) is 10.5. The third-order valence-electron chi connectivity index (χ3n) is 8.86. The Morgan fingerprint density at radius 3 is 1.71 bits per heavy atom. The average molecular weight is 691 g/mol. The normalized spacial score (nSPS) is 29.2. The summed E-state index contributed by atoms with van der Waals surface area (Å²) in [6, 6.07) is 16.5. The molecule has 2 aliphatic rings. The van der Waals surface area contributed by atoms with Crippen molar-refractivity contribution >= 4 is 26.2 Å². The molecule has 9 atom stereocenters. The van der Waals surface area contributed by atoms with Crippen molar-refractivity contribution in [1.29, 1.82) is 0 Å². The van der Waals surface area contributed by atoms with Gasteiger partial charge in [-0.1, -0.05) is 57.2 Å². The number of hydrogen-bond acceptors (Lipinski definition) is 13. The molecule has 2 saturated heterocycles. The summed E-state index contributed by atoms with van der Waals surface area (Å²) in [6.07, 6.45) is -12.2. The molecule has 0 aromatic heterocycles. The number of aliphatic hydroxyl groups is 3. The zero-order chi connectivity index (χ0) is 35.2. The van der Waals surface area contributed by atoms with Gasteiger partial charge in [0.15, 0.2) is 20.7 Å². The van der Waals surface area contributed by atoms with Gasteiger partial charge in [0.1, 0.15) is 55.9 Å². The highest BCUT2D eigenvalue weighted by atomic mass is 28.4. The molecular weight excluding hydrogens is 644 g/mol. The van der Waals surface area contributed by atoms with E-state index in [-0.39, 0.29) is 30.4 Å². The van der Waals surface area contributed by atoms with Gasteiger partial charge in [0.05, 0.1) is 17.7 Å². The van der Waals surface area contributed by atoms with Gasteiger partial charge in [-0.05, 0) is 42.4 Å². The van der Waals surface area contributed by atoms with Crippen molar-refractivity contribution in [3.63, 3.8) is 0 Å². The van der Waals surface area contributed by atoms with E-state index in [1.165, 1.54) is 0 Å². The summed E-state index contributed by atoms with van der Waals surface area (Å²) in [5, 5.41) is 33.3. The first kappa shape index (κ1) is 37.6. The average Bonchev–Trinajstić information content (AvgIpc) is 3.34. The van der Waals surface area contributed by atoms with E-state index in [4.69, 9.17) is 32.8 Å². The second-order valence-electron chi connectivity index (χ2n) is 13.4. The van der Waals surface area contributed by atoms with Crippen molar-refractivity contribution < 1.29 is 62.6 Å². The molecule has 0 amide bonds. The third kappa shape index (κ3) is 9.27. The van der Waals surface area contributed by atoms with Crippen LogP contribution in [0.5, 0.6) is 0 Å². The zero-order valence-electron chi connectivity index (χ0n) is 28.0. The Hall–Kier alpha value is -3.21. The van der Waals surface area contributed by atoms with Crippen LogP contribution in [-0.2, 0) is 37.6 Å². The van der Waals surface area contributed by atoms with E-state index in [9.17, 15) is 29.7 Å². The molecule has 13 nitrogen and oxygen atoms in total. The molecule has 0 unspecified atom stereocenters. The maximum Gasteiger partial charge on any atom is 0.338 e. The largest absolute Gasteiger partial charge is 0.459 e. The number of rotatable bonds is 12. The summed E-state index contributed by atoms with van der Waals surface area (Å²) in [4.78, 5) is 37.4. The second kappa shape index (κ2) is 16.0. The van der Waals surface area contributed by atoms with E-state index in [0.29, 0.717) is 5.56 Å². The van der Waals surface area contributed by atoms with Crippen molar-refractivity contribution in [1.82, 2.24) is 0 Å². The van der Waals surface area contributed by atoms with Gasteiger partial charge in [-0.2, -0.15) is 0 Å². The summed E-state index contributed by atoms with van der Waals surface area (Å²) in [7, 11) is -2.31. The molecule has 48 heavy (non-hydrogen) atoms. The molecule has 0 spiro atoms. The monoisotopic (exact) mass is 690 g/mol. The highest BCUT2D eigenvalue weighted by Gasteiger charge is 2.53. The molecule has 0 saturated carbocycles. The Morgan fingerprint density at radius 1 is 0.708 bits per heavy atom. The van der Waals surface area contributed by atoms with E-state index < -0.39 is 81.3 Å². The topological polar surface area (TPSA) is 177 Å². The molecule has 2 aromatic carbocycles. The molecule has 0 aliphatic carbocycles. The summed E-state index contributed by atoms with van der Waals surface area (Å²) >= 11 is 0. The van der Waals surface area contributed by atoms with Crippen molar-refractivity contribution in [2.75, 3.05) is 19.8 Å². The maximum absolute atomic E-state index is 12.7. The van der Waals surface area contributed by atoms with Crippen LogP contribution in [0.1, 0.15) is 48.4 Å². The van der Waals surface area contributed by atoms with Crippen molar-refractivity contribution in [2.45, 2.75) is 101 Å². The number of hydrogen-bond donors (Lipinski definition) is 3. The Bertz CT molecular complexity index is 1370. The quantitative estimate of drug-likeness (QED) is 0.169. The van der Waals surface area contributed by atoms with Gasteiger partial charge < -0.3 is 48.2 Å². The van der Waals surface area contributed by atoms with Gasteiger partial charge in [-0.15, -0.1) is 0 Å². The highest BCUT2D eigenvalue weighted by Crippen LogP contribution is 2.38. The van der Waals surface area contributed by atoms with Crippen LogP contribution < -0.4 is 0 Å². The summed E-state index contributed by atoms with van der Waals surface area (Å²) in [5.41, 5.74) is 0.582. The number of aliphatic hydroxyl groups excluding tert-OH is 3. The molecule has 4 rings (SSSR count). The van der Waals surface area contributed by atoms with Crippen LogP contribution in [0.15, 0.2) is 60.7 Å². The van der Waals surface area contributed by atoms with Gasteiger partial charge >= 0.3 is 17.9 Å². The Kier molecular flexibility index (Phi) is 12.5. The van der Waals surface area contributed by atoms with Crippen LogP contribution in [0.4, 0.5) is 0 Å². The van der Waals surface area contributed by atoms with Gasteiger partial charge in [0, 0.05) is 6.92 Å². The lowest BCUT2D eigenvalue weighted by Crippen LogP contribution is -2.62. The Balaban J connectivity index is 1.54. The predicted octanol–water partition coefficient (Wildman–Crippen LogP) is 2.61. The van der Waals surface area contributed by atoms with Crippen molar-refractivity contribution in [3.8, 4) is 0 Å². The van der Waals surface area contributed by atoms with Crippen molar-refractivity contribution in [3.05, 3.63) is 71.8 Å². The fourth-order valence-corrected chi connectivity index (χ4v) is 6.03. The van der Waals surface area contributed by atoms with Crippen LogP contribution in [0.2, 0.25) is 18.1 Å². The van der Waals surface area contributed by atoms with Crippen LogP contribution in [0.25, 0.3) is 0 Å². The number of carbonyl (C=O) groups is 3. The standard InChI is InChI=1S/C34H46O13Si/c1-20(35)44-30-28(38)26(36)24(19-43-48(5,6)34(2,3)4)46-33(30)47-29-25(18-42-32(40)22-15-11-8-12-16-22)45-23(27(29)37)17-41-31(39)21-13-9-7-10-14-21/h7-16,23-30,33,36-38H,17-19H2,1-6H3/t23-,24+,25-,26-,27-,28+,29-,30-,33+/m1/s1. The fraction of sp³-hybridized carbons (Fsp3) is 0.559. The van der Waals surface area contributed by atoms with Crippen LogP contribution in [0, 0.1) is 0 Å². The molecule has 2 fully saturated rings. The molecule has 14 heteroatoms. The van der Waals surface area contributed by atoms with Gasteiger partial charge in [-0.3, -0.25) is 4.79 Å². The SMILES string of the molecule is CC(=O)O[C@H]1[C@H](O[C@H]2[C@H](O)[C@@H](COC(=O)c3ccccc3)O[C@@H]2COC(=O)c2ccccc2)O[C@@H](CO[Si](C)(C)C(C)(C)C)[C@@H](O)[C@@H]1O. The fourth-order valence-electron chi connectivity index (χ4n) is 5.02. The first-order valence-electron chi connectivity index (χ1n) is 15.8. The van der Waals surface area contributed by atoms with E-state index in [2.05, 4.69) is 20.8 Å². The second-order valence-corrected chi connectivity index (χ2v) is 18.2. The zero-order valence-corrected chi connectivity index (χ0v) is 29.0. The lowest BCUT2D eigenvalue weighted by atomic mass is 9.98. The lowest BCUT2D eigenvalue weighted by Gasteiger charge is -2.44. The molecule has 3 N–H and O–H groups in total. The van der Waals surface area contributed by atoms with E-state index in [1.807, 2.05) is 13.1 Å². The molecule has 0 bridgehead atoms. The van der Waals surface area contributed by atoms with Crippen LogP contribution in [0.3, 0.4) is 0 Å². The summed E-state index contributed by atoms with van der Waals surface area (Å²) < 4.78 is 40.7. The molecular formula is C34H46O13Si. The Labute approximate surface area is 281 Å².